The standard InChI is InChI=1S/C14H19NO4/c1-7(2)6-19-14(18)11-8(3)5-10(13(16)17)12(15)9(11)4/h5,7H,6,15H2,1-4H3,(H,16,17). The van der Waals surface area contributed by atoms with E-state index in [1.807, 2.05) is 13.8 Å². The lowest BCUT2D eigenvalue weighted by molar-refractivity contribution is 0.0456. The zero-order valence-electron chi connectivity index (χ0n) is 11.6. The molecule has 0 radical (unpaired) electrons. The molecule has 0 aliphatic rings. The Morgan fingerprint density at radius 3 is 2.42 bits per heavy atom. The molecule has 104 valence electrons. The van der Waals surface area contributed by atoms with Gasteiger partial charge in [-0.15, -0.1) is 0 Å². The Morgan fingerprint density at radius 2 is 1.95 bits per heavy atom. The smallest absolute Gasteiger partial charge is 0.338 e. The number of carbonyl (C=O) groups excluding carboxylic acids is 1. The van der Waals surface area contributed by atoms with Crippen molar-refractivity contribution in [3.05, 3.63) is 28.3 Å². The van der Waals surface area contributed by atoms with E-state index >= 15 is 0 Å². The van der Waals surface area contributed by atoms with Gasteiger partial charge in [-0.05, 0) is 37.0 Å². The van der Waals surface area contributed by atoms with Crippen LogP contribution in [0.25, 0.3) is 0 Å². The molecular formula is C14H19NO4. The van der Waals surface area contributed by atoms with E-state index in [1.54, 1.807) is 13.8 Å². The lowest BCUT2D eigenvalue weighted by atomic mass is 9.97. The summed E-state index contributed by atoms with van der Waals surface area (Å²) in [4.78, 5) is 23.0. The maximum atomic E-state index is 12.0. The van der Waals surface area contributed by atoms with Crippen molar-refractivity contribution >= 4 is 17.6 Å². The fraction of sp³-hybridized carbons (Fsp3) is 0.429. The summed E-state index contributed by atoms with van der Waals surface area (Å²) < 4.78 is 5.16. The second-order valence-corrected chi connectivity index (χ2v) is 4.95. The van der Waals surface area contributed by atoms with E-state index in [0.717, 1.165) is 0 Å². The first-order valence-corrected chi connectivity index (χ1v) is 6.05. The van der Waals surface area contributed by atoms with Crippen molar-refractivity contribution in [3.63, 3.8) is 0 Å². The van der Waals surface area contributed by atoms with Gasteiger partial charge in [0.1, 0.15) is 0 Å². The number of anilines is 1. The number of benzene rings is 1. The van der Waals surface area contributed by atoms with Crippen molar-refractivity contribution in [1.82, 2.24) is 0 Å². The fourth-order valence-corrected chi connectivity index (χ4v) is 1.80. The first-order valence-electron chi connectivity index (χ1n) is 6.05. The quantitative estimate of drug-likeness (QED) is 0.644. The summed E-state index contributed by atoms with van der Waals surface area (Å²) in [7, 11) is 0. The van der Waals surface area contributed by atoms with Crippen molar-refractivity contribution in [3.8, 4) is 0 Å². The van der Waals surface area contributed by atoms with E-state index in [-0.39, 0.29) is 17.2 Å². The number of carboxylic acids is 1. The number of rotatable bonds is 4. The SMILES string of the molecule is Cc1cc(C(=O)O)c(N)c(C)c1C(=O)OCC(C)C. The molecular weight excluding hydrogens is 246 g/mol. The van der Waals surface area contributed by atoms with Gasteiger partial charge in [-0.2, -0.15) is 0 Å². The van der Waals surface area contributed by atoms with Gasteiger partial charge in [-0.25, -0.2) is 9.59 Å². The van der Waals surface area contributed by atoms with Gasteiger partial charge in [-0.3, -0.25) is 0 Å². The normalized spacial score (nSPS) is 10.6. The van der Waals surface area contributed by atoms with Crippen molar-refractivity contribution in [2.24, 2.45) is 5.92 Å². The van der Waals surface area contributed by atoms with Crippen molar-refractivity contribution in [2.45, 2.75) is 27.7 Å². The molecule has 1 aromatic rings. The summed E-state index contributed by atoms with van der Waals surface area (Å²) in [6.07, 6.45) is 0. The number of hydrogen-bond acceptors (Lipinski definition) is 4. The molecule has 1 aromatic carbocycles. The average Bonchev–Trinajstić information content (AvgIpc) is 2.31. The third kappa shape index (κ3) is 3.24. The van der Waals surface area contributed by atoms with E-state index in [1.165, 1.54) is 6.07 Å². The van der Waals surface area contributed by atoms with Crippen LogP contribution in [0.2, 0.25) is 0 Å². The number of ether oxygens (including phenoxy) is 1. The maximum absolute atomic E-state index is 12.0. The molecule has 0 saturated heterocycles. The predicted octanol–water partition coefficient (Wildman–Crippen LogP) is 2.40. The zero-order chi connectivity index (χ0) is 14.7. The molecule has 0 saturated carbocycles. The third-order valence-corrected chi connectivity index (χ3v) is 2.81. The third-order valence-electron chi connectivity index (χ3n) is 2.81. The molecule has 3 N–H and O–H groups in total. The Morgan fingerprint density at radius 1 is 1.37 bits per heavy atom. The first-order chi connectivity index (χ1) is 8.75. The van der Waals surface area contributed by atoms with Gasteiger partial charge >= 0.3 is 11.9 Å². The van der Waals surface area contributed by atoms with Gasteiger partial charge in [0.15, 0.2) is 0 Å². The molecule has 0 unspecified atom stereocenters. The Kier molecular flexibility index (Phi) is 4.53. The number of carbonyl (C=O) groups is 2. The molecule has 0 aromatic heterocycles. The summed E-state index contributed by atoms with van der Waals surface area (Å²) in [5.41, 5.74) is 7.23. The van der Waals surface area contributed by atoms with Crippen molar-refractivity contribution < 1.29 is 19.4 Å². The molecule has 0 aliphatic heterocycles. The molecule has 1 rings (SSSR count). The minimum absolute atomic E-state index is 0.00964. The van der Waals surface area contributed by atoms with Crippen LogP contribution in [0.5, 0.6) is 0 Å². The summed E-state index contributed by atoms with van der Waals surface area (Å²) in [5, 5.41) is 9.02. The Balaban J connectivity index is 3.19. The number of aryl methyl sites for hydroxylation is 1. The summed E-state index contributed by atoms with van der Waals surface area (Å²) >= 11 is 0. The van der Waals surface area contributed by atoms with Crippen LogP contribution in [0.15, 0.2) is 6.07 Å². The summed E-state index contributed by atoms with van der Waals surface area (Å²) in [6.45, 7) is 7.49. The van der Waals surface area contributed by atoms with E-state index in [0.29, 0.717) is 23.3 Å². The number of nitrogens with two attached hydrogens (primary N) is 1. The molecule has 0 bridgehead atoms. The minimum Gasteiger partial charge on any atom is -0.478 e. The number of nitrogen functional groups attached to an aromatic ring is 1. The molecule has 0 atom stereocenters. The van der Waals surface area contributed by atoms with Crippen LogP contribution in [0.4, 0.5) is 5.69 Å². The van der Waals surface area contributed by atoms with E-state index in [2.05, 4.69) is 0 Å². The Bertz CT molecular complexity index is 521. The highest BCUT2D eigenvalue weighted by molar-refractivity contribution is 6.00. The van der Waals surface area contributed by atoms with Gasteiger partial charge in [0, 0.05) is 5.69 Å². The molecule has 0 fully saturated rings. The number of aromatic carboxylic acids is 1. The minimum atomic E-state index is -1.11. The van der Waals surface area contributed by atoms with Crippen LogP contribution in [-0.2, 0) is 4.74 Å². The second-order valence-electron chi connectivity index (χ2n) is 4.95. The highest BCUT2D eigenvalue weighted by atomic mass is 16.5. The van der Waals surface area contributed by atoms with Crippen LogP contribution >= 0.6 is 0 Å². The van der Waals surface area contributed by atoms with E-state index in [9.17, 15) is 9.59 Å². The highest BCUT2D eigenvalue weighted by Gasteiger charge is 2.21. The summed E-state index contributed by atoms with van der Waals surface area (Å²) in [5.74, 6) is -1.33. The van der Waals surface area contributed by atoms with Crippen LogP contribution in [-0.4, -0.2) is 23.7 Å². The lowest BCUT2D eigenvalue weighted by Gasteiger charge is -2.14. The molecule has 0 spiro atoms. The van der Waals surface area contributed by atoms with Gasteiger partial charge < -0.3 is 15.6 Å². The predicted molar refractivity (Wildman–Crippen MR) is 72.4 cm³/mol. The second kappa shape index (κ2) is 5.73. The van der Waals surface area contributed by atoms with Crippen LogP contribution in [0.3, 0.4) is 0 Å². The van der Waals surface area contributed by atoms with E-state index < -0.39 is 11.9 Å². The fourth-order valence-electron chi connectivity index (χ4n) is 1.80. The van der Waals surface area contributed by atoms with Gasteiger partial charge in [0.2, 0.25) is 0 Å². The van der Waals surface area contributed by atoms with Gasteiger partial charge in [0.05, 0.1) is 17.7 Å². The number of esters is 1. The monoisotopic (exact) mass is 265 g/mol. The van der Waals surface area contributed by atoms with Crippen molar-refractivity contribution in [2.75, 3.05) is 12.3 Å². The maximum Gasteiger partial charge on any atom is 0.338 e. The number of carboxylic acid groups (broad SMARTS) is 1. The highest BCUT2D eigenvalue weighted by Crippen LogP contribution is 2.25. The summed E-state index contributed by atoms with van der Waals surface area (Å²) in [6, 6.07) is 1.40. The van der Waals surface area contributed by atoms with E-state index in [4.69, 9.17) is 15.6 Å². The van der Waals surface area contributed by atoms with Gasteiger partial charge in [-0.1, -0.05) is 13.8 Å². The Hall–Kier alpha value is -2.04. The average molecular weight is 265 g/mol. The lowest BCUT2D eigenvalue weighted by Crippen LogP contribution is -2.16. The largest absolute Gasteiger partial charge is 0.478 e. The van der Waals surface area contributed by atoms with Crippen molar-refractivity contribution in [1.29, 1.82) is 0 Å². The molecule has 5 heteroatoms. The van der Waals surface area contributed by atoms with Crippen LogP contribution in [0, 0.1) is 19.8 Å². The zero-order valence-corrected chi connectivity index (χ0v) is 11.6. The van der Waals surface area contributed by atoms with Crippen LogP contribution < -0.4 is 5.73 Å². The van der Waals surface area contributed by atoms with Crippen LogP contribution in [0.1, 0.15) is 45.7 Å². The molecule has 0 aliphatic carbocycles. The molecule has 0 amide bonds. The topological polar surface area (TPSA) is 89.6 Å². The Labute approximate surface area is 112 Å². The molecule has 5 nitrogen and oxygen atoms in total. The molecule has 19 heavy (non-hydrogen) atoms. The number of hydrogen-bond donors (Lipinski definition) is 2. The molecule has 0 heterocycles. The first kappa shape index (κ1) is 15.0. The van der Waals surface area contributed by atoms with Gasteiger partial charge in [0.25, 0.3) is 0 Å².